The maximum Gasteiger partial charge on any atom is 0.255 e. The van der Waals surface area contributed by atoms with E-state index in [2.05, 4.69) is 17.2 Å². The number of aryl methyl sites for hydroxylation is 2. The van der Waals surface area contributed by atoms with Crippen molar-refractivity contribution in [3.8, 4) is 0 Å². The first kappa shape index (κ1) is 15.3. The molecule has 2 rings (SSSR count). The lowest BCUT2D eigenvalue weighted by Gasteiger charge is -2.10. The number of pyridine rings is 1. The fourth-order valence-electron chi connectivity index (χ4n) is 2.06. The van der Waals surface area contributed by atoms with E-state index in [1.54, 1.807) is 18.2 Å². The highest BCUT2D eigenvalue weighted by Gasteiger charge is 2.11. The molecule has 0 aliphatic rings. The second-order valence-electron chi connectivity index (χ2n) is 4.96. The molecule has 0 spiro atoms. The van der Waals surface area contributed by atoms with Crippen LogP contribution < -0.4 is 11.1 Å². The number of halogens is 1. The normalized spacial score (nSPS) is 10.4. The van der Waals surface area contributed by atoms with Crippen molar-refractivity contribution in [3.63, 3.8) is 0 Å². The van der Waals surface area contributed by atoms with Crippen molar-refractivity contribution in [2.75, 3.05) is 11.1 Å². The van der Waals surface area contributed by atoms with Gasteiger partial charge in [0.05, 0.1) is 10.7 Å². The Morgan fingerprint density at radius 2 is 2.10 bits per heavy atom. The minimum absolute atomic E-state index is 0.242. The molecule has 0 aliphatic carbocycles. The Kier molecular flexibility index (Phi) is 4.81. The monoisotopic (exact) mass is 303 g/mol. The molecule has 0 aliphatic heterocycles. The Balaban J connectivity index is 2.25. The lowest BCUT2D eigenvalue weighted by Crippen LogP contribution is -2.14. The zero-order valence-corrected chi connectivity index (χ0v) is 12.9. The minimum Gasteiger partial charge on any atom is -0.384 e. The molecule has 4 nitrogen and oxygen atoms in total. The van der Waals surface area contributed by atoms with E-state index in [4.69, 9.17) is 17.3 Å². The molecule has 0 radical (unpaired) electrons. The van der Waals surface area contributed by atoms with Crippen LogP contribution in [0.5, 0.6) is 0 Å². The smallest absolute Gasteiger partial charge is 0.255 e. The van der Waals surface area contributed by atoms with E-state index >= 15 is 0 Å². The number of nitrogens with one attached hydrogen (secondary N) is 1. The lowest BCUT2D eigenvalue weighted by molar-refractivity contribution is 0.102. The largest absolute Gasteiger partial charge is 0.384 e. The number of nitrogens with two attached hydrogens (primary N) is 1. The molecular formula is C16H18ClN3O. The Hall–Kier alpha value is -2.07. The molecule has 5 heteroatoms. The zero-order chi connectivity index (χ0) is 15.4. The summed E-state index contributed by atoms with van der Waals surface area (Å²) in [5.74, 6) is 0.107. The molecule has 0 fully saturated rings. The van der Waals surface area contributed by atoms with Crippen molar-refractivity contribution < 1.29 is 4.79 Å². The van der Waals surface area contributed by atoms with Gasteiger partial charge in [-0.1, -0.05) is 31.0 Å². The highest BCUT2D eigenvalue weighted by atomic mass is 35.5. The Morgan fingerprint density at radius 3 is 2.81 bits per heavy atom. The minimum atomic E-state index is -0.242. The molecule has 1 aromatic carbocycles. The number of benzene rings is 1. The van der Waals surface area contributed by atoms with E-state index in [1.807, 2.05) is 19.1 Å². The zero-order valence-electron chi connectivity index (χ0n) is 12.1. The molecule has 21 heavy (non-hydrogen) atoms. The van der Waals surface area contributed by atoms with Crippen molar-refractivity contribution in [3.05, 3.63) is 52.2 Å². The van der Waals surface area contributed by atoms with Gasteiger partial charge >= 0.3 is 0 Å². The number of nitrogen functional groups attached to an aromatic ring is 1. The second kappa shape index (κ2) is 6.59. The van der Waals surface area contributed by atoms with Crippen molar-refractivity contribution in [1.29, 1.82) is 0 Å². The lowest BCUT2D eigenvalue weighted by atomic mass is 10.1. The molecule has 1 amide bonds. The van der Waals surface area contributed by atoms with Gasteiger partial charge in [-0.3, -0.25) is 4.79 Å². The standard InChI is InChI=1S/C16H18ClN3O/c1-3-4-12-8-11(9-15(18)19-12)16(21)20-14-7-10(2)5-6-13(14)17/h5-9H,3-4H2,1-2H3,(H2,18,19)(H,20,21). The third-order valence-corrected chi connectivity index (χ3v) is 3.37. The van der Waals surface area contributed by atoms with E-state index in [0.717, 1.165) is 24.1 Å². The van der Waals surface area contributed by atoms with Gasteiger partial charge in [0.25, 0.3) is 5.91 Å². The van der Waals surface area contributed by atoms with Gasteiger partial charge in [0, 0.05) is 11.3 Å². The predicted molar refractivity (Wildman–Crippen MR) is 86.8 cm³/mol. The third kappa shape index (κ3) is 3.95. The van der Waals surface area contributed by atoms with E-state index in [9.17, 15) is 4.79 Å². The fraction of sp³-hybridized carbons (Fsp3) is 0.250. The summed E-state index contributed by atoms with van der Waals surface area (Å²) in [7, 11) is 0. The van der Waals surface area contributed by atoms with Crippen LogP contribution in [0.2, 0.25) is 5.02 Å². The molecule has 0 bridgehead atoms. The summed E-state index contributed by atoms with van der Waals surface area (Å²) in [5, 5.41) is 3.31. The first-order chi connectivity index (χ1) is 9.99. The molecule has 2 aromatic rings. The summed E-state index contributed by atoms with van der Waals surface area (Å²) in [5.41, 5.74) is 8.68. The highest BCUT2D eigenvalue weighted by molar-refractivity contribution is 6.34. The first-order valence-electron chi connectivity index (χ1n) is 6.83. The summed E-state index contributed by atoms with van der Waals surface area (Å²) >= 11 is 6.09. The van der Waals surface area contributed by atoms with Crippen LogP contribution >= 0.6 is 11.6 Å². The fourth-order valence-corrected chi connectivity index (χ4v) is 2.22. The van der Waals surface area contributed by atoms with Gasteiger partial charge in [-0.05, 0) is 43.2 Å². The van der Waals surface area contributed by atoms with Crippen LogP contribution in [0, 0.1) is 6.92 Å². The van der Waals surface area contributed by atoms with Crippen molar-refractivity contribution in [2.45, 2.75) is 26.7 Å². The molecule has 1 aromatic heterocycles. The van der Waals surface area contributed by atoms with Gasteiger partial charge in [-0.2, -0.15) is 0 Å². The number of hydrogen-bond donors (Lipinski definition) is 2. The quantitative estimate of drug-likeness (QED) is 0.902. The van der Waals surface area contributed by atoms with Gasteiger partial charge in [-0.25, -0.2) is 4.98 Å². The number of carbonyl (C=O) groups is 1. The maximum atomic E-state index is 12.3. The number of aromatic nitrogens is 1. The number of hydrogen-bond acceptors (Lipinski definition) is 3. The number of carbonyl (C=O) groups excluding carboxylic acids is 1. The Morgan fingerprint density at radius 1 is 1.33 bits per heavy atom. The Bertz CT molecular complexity index is 671. The second-order valence-corrected chi connectivity index (χ2v) is 5.37. The number of amides is 1. The van der Waals surface area contributed by atoms with Gasteiger partial charge in [0.15, 0.2) is 0 Å². The van der Waals surface area contributed by atoms with Crippen LogP contribution in [0.15, 0.2) is 30.3 Å². The molecule has 0 saturated heterocycles. The third-order valence-electron chi connectivity index (χ3n) is 3.04. The summed E-state index contributed by atoms with van der Waals surface area (Å²) in [6, 6.07) is 8.81. The van der Waals surface area contributed by atoms with Crippen molar-refractivity contribution >= 4 is 29.0 Å². The summed E-state index contributed by atoms with van der Waals surface area (Å²) in [6.07, 6.45) is 1.73. The van der Waals surface area contributed by atoms with E-state index < -0.39 is 0 Å². The molecule has 0 atom stereocenters. The average Bonchev–Trinajstić information content (AvgIpc) is 2.42. The highest BCUT2D eigenvalue weighted by Crippen LogP contribution is 2.23. The van der Waals surface area contributed by atoms with Crippen LogP contribution in [0.3, 0.4) is 0 Å². The van der Waals surface area contributed by atoms with E-state index in [-0.39, 0.29) is 5.91 Å². The Labute approximate surface area is 129 Å². The van der Waals surface area contributed by atoms with Crippen LogP contribution in [0.1, 0.15) is 35.0 Å². The average molecular weight is 304 g/mol. The number of rotatable bonds is 4. The van der Waals surface area contributed by atoms with E-state index in [1.165, 1.54) is 0 Å². The molecule has 110 valence electrons. The first-order valence-corrected chi connectivity index (χ1v) is 7.21. The molecule has 3 N–H and O–H groups in total. The molecule has 0 unspecified atom stereocenters. The van der Waals surface area contributed by atoms with Gasteiger partial charge in [0.2, 0.25) is 0 Å². The SMILES string of the molecule is CCCc1cc(C(=O)Nc2cc(C)ccc2Cl)cc(N)n1. The topological polar surface area (TPSA) is 68.0 Å². The van der Waals surface area contributed by atoms with Crippen molar-refractivity contribution in [1.82, 2.24) is 4.98 Å². The summed E-state index contributed by atoms with van der Waals surface area (Å²) in [6.45, 7) is 3.99. The summed E-state index contributed by atoms with van der Waals surface area (Å²) < 4.78 is 0. The van der Waals surface area contributed by atoms with Crippen LogP contribution in [-0.4, -0.2) is 10.9 Å². The van der Waals surface area contributed by atoms with Crippen LogP contribution in [-0.2, 0) is 6.42 Å². The van der Waals surface area contributed by atoms with Gasteiger partial charge in [-0.15, -0.1) is 0 Å². The van der Waals surface area contributed by atoms with Crippen LogP contribution in [0.4, 0.5) is 11.5 Å². The molecule has 1 heterocycles. The van der Waals surface area contributed by atoms with E-state index in [0.29, 0.717) is 22.1 Å². The van der Waals surface area contributed by atoms with Crippen LogP contribution in [0.25, 0.3) is 0 Å². The van der Waals surface area contributed by atoms with Gasteiger partial charge < -0.3 is 11.1 Å². The van der Waals surface area contributed by atoms with Gasteiger partial charge in [0.1, 0.15) is 5.82 Å². The van der Waals surface area contributed by atoms with Crippen molar-refractivity contribution in [2.24, 2.45) is 0 Å². The predicted octanol–water partition coefficient (Wildman–Crippen LogP) is 3.83. The molecular weight excluding hydrogens is 286 g/mol. The number of nitrogens with zero attached hydrogens (tertiary/aromatic N) is 1. The number of anilines is 2. The maximum absolute atomic E-state index is 12.3. The molecule has 0 saturated carbocycles. The summed E-state index contributed by atoms with van der Waals surface area (Å²) in [4.78, 5) is 16.5.